The van der Waals surface area contributed by atoms with Crippen LogP contribution in [0.2, 0.25) is 0 Å². The Morgan fingerprint density at radius 1 is 1.29 bits per heavy atom. The highest BCUT2D eigenvalue weighted by molar-refractivity contribution is 5.98. The van der Waals surface area contributed by atoms with Crippen molar-refractivity contribution >= 4 is 29.3 Å². The van der Waals surface area contributed by atoms with Crippen molar-refractivity contribution in [2.24, 2.45) is 5.73 Å². The van der Waals surface area contributed by atoms with Gasteiger partial charge in [-0.05, 0) is 33.3 Å². The molecule has 0 aromatic carbocycles. The Morgan fingerprint density at radius 2 is 2.06 bits per heavy atom. The van der Waals surface area contributed by atoms with Crippen molar-refractivity contribution in [2.75, 3.05) is 23.7 Å². The Balaban J connectivity index is 1.71. The van der Waals surface area contributed by atoms with Crippen LogP contribution < -0.4 is 16.4 Å². The van der Waals surface area contributed by atoms with Crippen LogP contribution in [0.4, 0.5) is 26.5 Å². The van der Waals surface area contributed by atoms with E-state index in [1.807, 2.05) is 0 Å². The standard InChI is InChI=1S/C20H26FN7O3/c1-20(2,3)31-19(30)28-7-5-14(13(21)10-28)26-15-8-17(24-9-12(15)18(22)29)27-16-4-6-23-11-25-16/h4,6,8-9,11,13-14H,5,7,10H2,1-3H3,(H2,22,29)(H2,23,24,25,26,27)/t13-,14+/m0/s1. The maximum atomic E-state index is 14.9. The van der Waals surface area contributed by atoms with E-state index < -0.39 is 29.8 Å². The van der Waals surface area contributed by atoms with E-state index in [0.29, 0.717) is 30.3 Å². The molecule has 1 fully saturated rings. The van der Waals surface area contributed by atoms with Crippen molar-refractivity contribution in [3.8, 4) is 0 Å². The number of primary amides is 1. The number of nitrogens with one attached hydrogen (secondary N) is 2. The first-order valence-electron chi connectivity index (χ1n) is 9.84. The van der Waals surface area contributed by atoms with Gasteiger partial charge in [-0.25, -0.2) is 24.1 Å². The van der Waals surface area contributed by atoms with Crippen molar-refractivity contribution in [1.29, 1.82) is 0 Å². The van der Waals surface area contributed by atoms with E-state index in [4.69, 9.17) is 10.5 Å². The van der Waals surface area contributed by atoms with E-state index in [0.717, 1.165) is 0 Å². The summed E-state index contributed by atoms with van der Waals surface area (Å²) in [6.45, 7) is 5.47. The number of nitrogens with zero attached hydrogens (tertiary/aromatic N) is 4. The normalized spacial score (nSPS) is 18.9. The van der Waals surface area contributed by atoms with Crippen LogP contribution in [0.3, 0.4) is 0 Å². The van der Waals surface area contributed by atoms with Crippen LogP contribution in [-0.4, -0.2) is 62.8 Å². The number of anilines is 3. The molecule has 2 atom stereocenters. The average Bonchev–Trinajstić information content (AvgIpc) is 2.69. The predicted molar refractivity (Wildman–Crippen MR) is 113 cm³/mol. The Kier molecular flexibility index (Phi) is 6.52. The molecule has 0 spiro atoms. The number of amides is 2. The summed E-state index contributed by atoms with van der Waals surface area (Å²) in [7, 11) is 0. The highest BCUT2D eigenvalue weighted by Crippen LogP contribution is 2.25. The van der Waals surface area contributed by atoms with Crippen molar-refractivity contribution in [3.05, 3.63) is 36.4 Å². The molecular weight excluding hydrogens is 405 g/mol. The van der Waals surface area contributed by atoms with Gasteiger partial charge in [0.15, 0.2) is 0 Å². The highest BCUT2D eigenvalue weighted by atomic mass is 19.1. The van der Waals surface area contributed by atoms with Gasteiger partial charge in [-0.2, -0.15) is 0 Å². The van der Waals surface area contributed by atoms with Crippen molar-refractivity contribution in [3.63, 3.8) is 0 Å². The number of aromatic nitrogens is 3. The molecule has 10 nitrogen and oxygen atoms in total. The zero-order valence-corrected chi connectivity index (χ0v) is 17.6. The van der Waals surface area contributed by atoms with E-state index in [-0.39, 0.29) is 12.1 Å². The lowest BCUT2D eigenvalue weighted by Gasteiger charge is -2.36. The van der Waals surface area contributed by atoms with Crippen molar-refractivity contribution in [2.45, 2.75) is 45.0 Å². The predicted octanol–water partition coefficient (Wildman–Crippen LogP) is 2.47. The van der Waals surface area contributed by atoms with Crippen LogP contribution in [-0.2, 0) is 4.74 Å². The van der Waals surface area contributed by atoms with Crippen molar-refractivity contribution < 1.29 is 18.7 Å². The van der Waals surface area contributed by atoms with Gasteiger partial charge in [0.2, 0.25) is 0 Å². The fourth-order valence-electron chi connectivity index (χ4n) is 3.09. The summed E-state index contributed by atoms with van der Waals surface area (Å²) in [4.78, 5) is 37.4. The molecule has 0 unspecified atom stereocenters. The number of carbonyl (C=O) groups excluding carboxylic acids is 2. The quantitative estimate of drug-likeness (QED) is 0.657. The molecule has 0 radical (unpaired) electrons. The Morgan fingerprint density at radius 3 is 2.68 bits per heavy atom. The van der Waals surface area contributed by atoms with E-state index in [1.54, 1.807) is 39.1 Å². The third-order valence-electron chi connectivity index (χ3n) is 4.54. The van der Waals surface area contributed by atoms with Crippen molar-refractivity contribution in [1.82, 2.24) is 19.9 Å². The minimum absolute atomic E-state index is 0.115. The summed E-state index contributed by atoms with van der Waals surface area (Å²) < 4.78 is 20.2. The Labute approximate surface area is 179 Å². The summed E-state index contributed by atoms with van der Waals surface area (Å²) in [5.41, 5.74) is 5.28. The summed E-state index contributed by atoms with van der Waals surface area (Å²) in [5.74, 6) is 0.215. The van der Waals surface area contributed by atoms with Gasteiger partial charge < -0.3 is 26.0 Å². The Bertz CT molecular complexity index is 936. The van der Waals surface area contributed by atoms with E-state index in [2.05, 4.69) is 25.6 Å². The second-order valence-corrected chi connectivity index (χ2v) is 8.18. The van der Waals surface area contributed by atoms with E-state index in [1.165, 1.54) is 17.4 Å². The summed E-state index contributed by atoms with van der Waals surface area (Å²) in [6.07, 6.45) is 2.68. The van der Waals surface area contributed by atoms with Gasteiger partial charge in [0.1, 0.15) is 29.7 Å². The third-order valence-corrected chi connectivity index (χ3v) is 4.54. The largest absolute Gasteiger partial charge is 0.444 e. The van der Waals surface area contributed by atoms with Gasteiger partial charge in [0.25, 0.3) is 5.91 Å². The molecule has 166 valence electrons. The fraction of sp³-hybridized carbons (Fsp3) is 0.450. The minimum atomic E-state index is -1.37. The van der Waals surface area contributed by atoms with E-state index in [9.17, 15) is 14.0 Å². The molecular formula is C20H26FN7O3. The molecule has 1 saturated heterocycles. The number of hydrogen-bond acceptors (Lipinski definition) is 8. The first-order valence-corrected chi connectivity index (χ1v) is 9.84. The molecule has 3 heterocycles. The SMILES string of the molecule is CC(C)(C)OC(=O)N1CC[C@@H](Nc2cc(Nc3ccncn3)ncc2C(N)=O)[C@@H](F)C1. The molecule has 2 amide bonds. The number of piperidine rings is 1. The van der Waals surface area contributed by atoms with Gasteiger partial charge >= 0.3 is 6.09 Å². The molecule has 2 aromatic heterocycles. The highest BCUT2D eigenvalue weighted by Gasteiger charge is 2.34. The number of likely N-dealkylation sites (tertiary alicyclic amines) is 1. The average molecular weight is 431 g/mol. The number of hydrogen-bond donors (Lipinski definition) is 3. The fourth-order valence-corrected chi connectivity index (χ4v) is 3.09. The number of halogens is 1. The maximum absolute atomic E-state index is 14.9. The summed E-state index contributed by atoms with van der Waals surface area (Å²) in [5, 5.41) is 6.03. The molecule has 1 aliphatic rings. The summed E-state index contributed by atoms with van der Waals surface area (Å²) in [6, 6.07) is 2.60. The zero-order valence-electron chi connectivity index (χ0n) is 17.6. The molecule has 0 bridgehead atoms. The molecule has 11 heteroatoms. The molecule has 0 saturated carbocycles. The molecule has 1 aliphatic heterocycles. The number of rotatable bonds is 5. The molecule has 2 aromatic rings. The Hall–Kier alpha value is -3.50. The lowest BCUT2D eigenvalue weighted by atomic mass is 10.0. The van der Waals surface area contributed by atoms with Gasteiger partial charge in [-0.1, -0.05) is 0 Å². The monoisotopic (exact) mass is 431 g/mol. The third kappa shape index (κ3) is 6.00. The van der Waals surface area contributed by atoms with Crippen LogP contribution in [0.15, 0.2) is 30.9 Å². The van der Waals surface area contributed by atoms with Crippen LogP contribution in [0.25, 0.3) is 0 Å². The first kappa shape index (κ1) is 22.2. The zero-order chi connectivity index (χ0) is 22.6. The van der Waals surface area contributed by atoms with Crippen LogP contribution in [0, 0.1) is 0 Å². The topological polar surface area (TPSA) is 135 Å². The van der Waals surface area contributed by atoms with Gasteiger partial charge in [0, 0.05) is 25.0 Å². The van der Waals surface area contributed by atoms with Gasteiger partial charge in [-0.3, -0.25) is 4.79 Å². The molecule has 31 heavy (non-hydrogen) atoms. The second kappa shape index (κ2) is 9.11. The van der Waals surface area contributed by atoms with Crippen LogP contribution in [0.1, 0.15) is 37.6 Å². The number of alkyl halides is 1. The maximum Gasteiger partial charge on any atom is 0.410 e. The number of ether oxygens (including phenoxy) is 1. The van der Waals surface area contributed by atoms with Gasteiger partial charge in [0.05, 0.1) is 23.8 Å². The van der Waals surface area contributed by atoms with Crippen LogP contribution in [0.5, 0.6) is 0 Å². The van der Waals surface area contributed by atoms with Crippen LogP contribution >= 0.6 is 0 Å². The molecule has 4 N–H and O–H groups in total. The summed E-state index contributed by atoms with van der Waals surface area (Å²) >= 11 is 0. The molecule has 0 aliphatic carbocycles. The minimum Gasteiger partial charge on any atom is -0.444 e. The second-order valence-electron chi connectivity index (χ2n) is 8.18. The van der Waals surface area contributed by atoms with E-state index >= 15 is 0 Å². The number of carbonyl (C=O) groups is 2. The lowest BCUT2D eigenvalue weighted by molar-refractivity contribution is 0.0125. The lowest BCUT2D eigenvalue weighted by Crippen LogP contribution is -2.51. The number of pyridine rings is 1. The molecule has 3 rings (SSSR count). The number of nitrogens with two attached hydrogens (primary N) is 1. The first-order chi connectivity index (χ1) is 14.6. The van der Waals surface area contributed by atoms with Gasteiger partial charge in [-0.15, -0.1) is 0 Å². The smallest absolute Gasteiger partial charge is 0.410 e.